The van der Waals surface area contributed by atoms with Gasteiger partial charge in [0, 0.05) is 56.7 Å². The number of rotatable bonds is 10. The zero-order chi connectivity index (χ0) is 32.1. The van der Waals surface area contributed by atoms with Crippen molar-refractivity contribution < 1.29 is 41.0 Å². The van der Waals surface area contributed by atoms with Crippen molar-refractivity contribution in [1.82, 2.24) is 14.8 Å². The lowest BCUT2D eigenvalue weighted by Crippen LogP contribution is -2.53. The lowest BCUT2D eigenvalue weighted by atomic mass is 9.90. The molecule has 238 valence electrons. The summed E-state index contributed by atoms with van der Waals surface area (Å²) < 4.78 is 84.6. The third kappa shape index (κ3) is 7.59. The first kappa shape index (κ1) is 33.4. The van der Waals surface area contributed by atoms with E-state index in [-0.39, 0.29) is 17.9 Å². The summed E-state index contributed by atoms with van der Waals surface area (Å²) in [7, 11) is 0. The van der Waals surface area contributed by atoms with E-state index < -0.39 is 23.5 Å². The highest BCUT2D eigenvalue weighted by molar-refractivity contribution is 5.72. The van der Waals surface area contributed by atoms with E-state index in [4.69, 9.17) is 4.74 Å². The molecule has 2 heterocycles. The molecule has 0 amide bonds. The van der Waals surface area contributed by atoms with Crippen molar-refractivity contribution >= 4 is 5.97 Å². The van der Waals surface area contributed by atoms with E-state index in [1.807, 2.05) is 31.2 Å². The van der Waals surface area contributed by atoms with Gasteiger partial charge >= 0.3 is 18.3 Å². The predicted octanol–water partition coefficient (Wildman–Crippen LogP) is 6.34. The maximum Gasteiger partial charge on any atom is 0.430 e. The van der Waals surface area contributed by atoms with E-state index in [0.29, 0.717) is 42.8 Å². The van der Waals surface area contributed by atoms with Crippen LogP contribution in [0, 0.1) is 5.92 Å². The summed E-state index contributed by atoms with van der Waals surface area (Å²) in [6.07, 6.45) is -7.75. The summed E-state index contributed by atoms with van der Waals surface area (Å²) in [4.78, 5) is 21.2. The number of carbonyl (C=O) groups is 1. The predicted molar refractivity (Wildman–Crippen MR) is 152 cm³/mol. The maximum absolute atomic E-state index is 13.2. The van der Waals surface area contributed by atoms with Gasteiger partial charge in [0.1, 0.15) is 0 Å². The van der Waals surface area contributed by atoms with Crippen molar-refractivity contribution in [2.75, 3.05) is 26.2 Å². The summed E-state index contributed by atoms with van der Waals surface area (Å²) in [6.45, 7) is 7.63. The first-order valence-corrected chi connectivity index (χ1v) is 14.3. The molecular weight excluding hydrogens is 588 g/mol. The number of carbonyl (C=O) groups excluding carboxylic acids is 1. The van der Waals surface area contributed by atoms with Gasteiger partial charge in [-0.2, -0.15) is 26.3 Å². The molecular formula is C32H35F6N3O3. The number of piperazine rings is 1. The molecule has 2 atom stereocenters. The van der Waals surface area contributed by atoms with E-state index in [1.165, 1.54) is 0 Å². The van der Waals surface area contributed by atoms with E-state index in [9.17, 15) is 36.2 Å². The summed E-state index contributed by atoms with van der Waals surface area (Å²) in [6, 6.07) is 14.8. The first-order valence-electron chi connectivity index (χ1n) is 14.3. The van der Waals surface area contributed by atoms with Crippen LogP contribution in [0.2, 0.25) is 0 Å². The topological polar surface area (TPSA) is 65.9 Å². The Balaban J connectivity index is 1.47. The molecule has 1 aliphatic heterocycles. The number of benzene rings is 2. The van der Waals surface area contributed by atoms with Gasteiger partial charge in [-0.3, -0.25) is 19.6 Å². The highest BCUT2D eigenvalue weighted by Crippen LogP contribution is 2.50. The fraction of sp³-hybridized carbons (Fsp3) is 0.438. The molecule has 1 N–H and O–H groups in total. The standard InChI is InChI=1S/C32H35F6N3O3/c1-3-44-29(42)22(2)18-28-21-40(19-24-12-14-39-15-13-24)16-17-41(28)20-23-4-6-25(7-5-23)26-8-10-27(11-9-26)30(43,31(33,34)35)32(36,37)38/h4-15,22,28,43H,3,16-21H2,1-2H3. The minimum absolute atomic E-state index is 0.0678. The largest absolute Gasteiger partial charge is 0.466 e. The Bertz CT molecular complexity index is 1350. The molecule has 1 aromatic heterocycles. The van der Waals surface area contributed by atoms with Crippen LogP contribution in [0.5, 0.6) is 0 Å². The quantitative estimate of drug-likeness (QED) is 0.210. The second kappa shape index (κ2) is 13.7. The SMILES string of the molecule is CCOC(=O)C(C)CC1CN(Cc2ccncc2)CCN1Cc1ccc(-c2ccc(C(O)(C(F)(F)F)C(F)(F)F)cc2)cc1. The van der Waals surface area contributed by atoms with Gasteiger partial charge in [-0.25, -0.2) is 0 Å². The zero-order valence-corrected chi connectivity index (χ0v) is 24.4. The zero-order valence-electron chi connectivity index (χ0n) is 24.4. The molecule has 1 saturated heterocycles. The van der Waals surface area contributed by atoms with Crippen molar-refractivity contribution in [2.24, 2.45) is 5.92 Å². The fourth-order valence-electron chi connectivity index (χ4n) is 5.50. The van der Waals surface area contributed by atoms with Crippen molar-refractivity contribution in [1.29, 1.82) is 0 Å². The Morgan fingerprint density at radius 3 is 1.98 bits per heavy atom. The number of nitrogens with zero attached hydrogens (tertiary/aromatic N) is 3. The van der Waals surface area contributed by atoms with E-state index in [2.05, 4.69) is 14.8 Å². The van der Waals surface area contributed by atoms with E-state index in [0.717, 1.165) is 49.4 Å². The average Bonchev–Trinajstić information content (AvgIpc) is 2.98. The van der Waals surface area contributed by atoms with Crippen molar-refractivity contribution in [3.8, 4) is 11.1 Å². The number of aliphatic hydroxyl groups is 1. The van der Waals surface area contributed by atoms with Crippen LogP contribution < -0.4 is 0 Å². The fourth-order valence-corrected chi connectivity index (χ4v) is 5.50. The highest BCUT2D eigenvalue weighted by Gasteiger charge is 2.71. The Morgan fingerprint density at radius 1 is 0.886 bits per heavy atom. The summed E-state index contributed by atoms with van der Waals surface area (Å²) in [5.74, 6) is -0.529. The van der Waals surface area contributed by atoms with Crippen LogP contribution in [0.15, 0.2) is 73.1 Å². The minimum atomic E-state index is -5.94. The molecule has 0 aliphatic carbocycles. The average molecular weight is 624 g/mol. The molecule has 0 spiro atoms. The lowest BCUT2D eigenvalue weighted by Gasteiger charge is -2.42. The molecule has 2 aromatic carbocycles. The number of halogens is 6. The van der Waals surface area contributed by atoms with Crippen molar-refractivity contribution in [2.45, 2.75) is 57.4 Å². The number of alkyl halides is 6. The summed E-state index contributed by atoms with van der Waals surface area (Å²) in [5, 5.41) is 9.65. The molecule has 44 heavy (non-hydrogen) atoms. The van der Waals surface area contributed by atoms with Crippen LogP contribution in [0.1, 0.15) is 37.0 Å². The Morgan fingerprint density at radius 2 is 1.43 bits per heavy atom. The van der Waals surface area contributed by atoms with Crippen LogP contribution in [0.25, 0.3) is 11.1 Å². The molecule has 6 nitrogen and oxygen atoms in total. The molecule has 0 bridgehead atoms. The van der Waals surface area contributed by atoms with E-state index >= 15 is 0 Å². The molecule has 12 heteroatoms. The number of ether oxygens (including phenoxy) is 1. The smallest absolute Gasteiger partial charge is 0.430 e. The molecule has 2 unspecified atom stereocenters. The first-order chi connectivity index (χ1) is 20.7. The number of pyridine rings is 1. The van der Waals surface area contributed by atoms with Gasteiger partial charge in [0.25, 0.3) is 5.60 Å². The third-order valence-electron chi connectivity index (χ3n) is 7.96. The van der Waals surface area contributed by atoms with Gasteiger partial charge in [-0.15, -0.1) is 0 Å². The number of hydrogen-bond acceptors (Lipinski definition) is 6. The maximum atomic E-state index is 13.2. The minimum Gasteiger partial charge on any atom is -0.466 e. The molecule has 1 aliphatic rings. The summed E-state index contributed by atoms with van der Waals surface area (Å²) in [5.41, 5.74) is -3.16. The van der Waals surface area contributed by atoms with Gasteiger partial charge in [0.05, 0.1) is 12.5 Å². The number of hydrogen-bond donors (Lipinski definition) is 1. The van der Waals surface area contributed by atoms with Crippen molar-refractivity contribution in [3.05, 3.63) is 89.7 Å². The molecule has 4 rings (SSSR count). The normalized spacial score (nSPS) is 17.8. The Labute approximate surface area is 252 Å². The van der Waals surface area contributed by atoms with Gasteiger partial charge in [-0.05, 0) is 47.7 Å². The van der Waals surface area contributed by atoms with Crippen LogP contribution in [0.4, 0.5) is 26.3 Å². The molecule has 1 fully saturated rings. The van der Waals surface area contributed by atoms with E-state index in [1.54, 1.807) is 31.5 Å². The molecule has 3 aromatic rings. The van der Waals surface area contributed by atoms with Gasteiger partial charge in [0.2, 0.25) is 0 Å². The lowest BCUT2D eigenvalue weighted by molar-refractivity contribution is -0.376. The van der Waals surface area contributed by atoms with Crippen LogP contribution in [0.3, 0.4) is 0 Å². The Kier molecular flexibility index (Phi) is 10.4. The molecule has 0 radical (unpaired) electrons. The van der Waals surface area contributed by atoms with Crippen LogP contribution in [-0.4, -0.2) is 70.5 Å². The van der Waals surface area contributed by atoms with Gasteiger partial charge in [-0.1, -0.05) is 55.5 Å². The number of esters is 1. The van der Waals surface area contributed by atoms with Crippen LogP contribution in [-0.2, 0) is 28.2 Å². The van der Waals surface area contributed by atoms with Crippen molar-refractivity contribution in [3.63, 3.8) is 0 Å². The monoisotopic (exact) mass is 623 g/mol. The summed E-state index contributed by atoms with van der Waals surface area (Å²) >= 11 is 0. The second-order valence-corrected chi connectivity index (χ2v) is 11.1. The second-order valence-electron chi connectivity index (χ2n) is 11.1. The Hall–Kier alpha value is -3.48. The third-order valence-corrected chi connectivity index (χ3v) is 7.96. The van der Waals surface area contributed by atoms with Gasteiger partial charge < -0.3 is 9.84 Å². The molecule has 0 saturated carbocycles. The van der Waals surface area contributed by atoms with Gasteiger partial charge in [0.15, 0.2) is 0 Å². The van der Waals surface area contributed by atoms with Crippen LogP contribution >= 0.6 is 0 Å². The highest BCUT2D eigenvalue weighted by atomic mass is 19.4. The number of aromatic nitrogens is 1.